The van der Waals surface area contributed by atoms with Gasteiger partial charge in [-0.1, -0.05) is 23.9 Å². The lowest BCUT2D eigenvalue weighted by atomic mass is 10.1. The Balaban J connectivity index is 2.06. The highest BCUT2D eigenvalue weighted by Gasteiger charge is 2.14. The van der Waals surface area contributed by atoms with Crippen molar-refractivity contribution in [2.45, 2.75) is 36.3 Å². The topological polar surface area (TPSA) is 38.0 Å². The standard InChI is InChI=1S/C11H16N2OS/c1-13-9(8-14)7-12-11(13)15-10-5-3-2-4-6-10/h3,5,7,10,14H,2,4,6,8H2,1H3. The Morgan fingerprint density at radius 3 is 3.13 bits per heavy atom. The van der Waals surface area contributed by atoms with Gasteiger partial charge in [-0.3, -0.25) is 0 Å². The van der Waals surface area contributed by atoms with Crippen LogP contribution >= 0.6 is 11.8 Å². The van der Waals surface area contributed by atoms with Gasteiger partial charge in [0.2, 0.25) is 0 Å². The van der Waals surface area contributed by atoms with Crippen LogP contribution in [0.25, 0.3) is 0 Å². The molecule has 0 spiro atoms. The summed E-state index contributed by atoms with van der Waals surface area (Å²) in [5.41, 5.74) is 0.872. The molecule has 15 heavy (non-hydrogen) atoms. The Morgan fingerprint density at radius 1 is 1.67 bits per heavy atom. The smallest absolute Gasteiger partial charge is 0.168 e. The highest BCUT2D eigenvalue weighted by atomic mass is 32.2. The number of aliphatic hydroxyl groups excluding tert-OH is 1. The summed E-state index contributed by atoms with van der Waals surface area (Å²) in [5.74, 6) is 0. The molecule has 1 aromatic rings. The van der Waals surface area contributed by atoms with Gasteiger partial charge in [0, 0.05) is 12.3 Å². The Morgan fingerprint density at radius 2 is 2.53 bits per heavy atom. The lowest BCUT2D eigenvalue weighted by molar-refractivity contribution is 0.271. The lowest BCUT2D eigenvalue weighted by Gasteiger charge is -2.15. The first-order valence-electron chi connectivity index (χ1n) is 5.26. The van der Waals surface area contributed by atoms with Crippen LogP contribution in [0.5, 0.6) is 0 Å². The van der Waals surface area contributed by atoms with E-state index in [0.29, 0.717) is 5.25 Å². The van der Waals surface area contributed by atoms with Gasteiger partial charge in [0.05, 0.1) is 18.5 Å². The van der Waals surface area contributed by atoms with E-state index >= 15 is 0 Å². The van der Waals surface area contributed by atoms with Gasteiger partial charge in [0.15, 0.2) is 5.16 Å². The summed E-state index contributed by atoms with van der Waals surface area (Å²) in [6.45, 7) is 0.0601. The molecule has 0 aliphatic heterocycles. The molecule has 1 aromatic heterocycles. The Bertz CT molecular complexity index is 359. The molecule has 1 heterocycles. The van der Waals surface area contributed by atoms with Gasteiger partial charge in [-0.05, 0) is 19.3 Å². The quantitative estimate of drug-likeness (QED) is 0.799. The second-order valence-corrected chi connectivity index (χ2v) is 4.97. The summed E-state index contributed by atoms with van der Waals surface area (Å²) in [7, 11) is 1.95. The number of aromatic nitrogens is 2. The van der Waals surface area contributed by atoms with Crippen molar-refractivity contribution in [1.29, 1.82) is 0 Å². The number of allylic oxidation sites excluding steroid dienone is 1. The number of rotatable bonds is 3. The van der Waals surface area contributed by atoms with Gasteiger partial charge in [-0.2, -0.15) is 0 Å². The fourth-order valence-corrected chi connectivity index (χ4v) is 2.83. The molecule has 1 N–H and O–H groups in total. The van der Waals surface area contributed by atoms with Gasteiger partial charge in [0.25, 0.3) is 0 Å². The van der Waals surface area contributed by atoms with Crippen molar-refractivity contribution in [1.82, 2.24) is 9.55 Å². The molecule has 0 saturated carbocycles. The van der Waals surface area contributed by atoms with Crippen molar-refractivity contribution < 1.29 is 5.11 Å². The summed E-state index contributed by atoms with van der Waals surface area (Å²) >= 11 is 1.78. The van der Waals surface area contributed by atoms with E-state index in [1.54, 1.807) is 18.0 Å². The molecule has 3 nitrogen and oxygen atoms in total. The maximum absolute atomic E-state index is 9.05. The zero-order chi connectivity index (χ0) is 10.7. The molecular formula is C11H16N2OS. The first kappa shape index (κ1) is 10.8. The van der Waals surface area contributed by atoms with Gasteiger partial charge in [-0.15, -0.1) is 0 Å². The van der Waals surface area contributed by atoms with E-state index in [-0.39, 0.29) is 6.61 Å². The highest BCUT2D eigenvalue weighted by molar-refractivity contribution is 7.99. The minimum absolute atomic E-state index is 0.0601. The van der Waals surface area contributed by atoms with Crippen molar-refractivity contribution in [2.24, 2.45) is 7.05 Å². The van der Waals surface area contributed by atoms with Gasteiger partial charge >= 0.3 is 0 Å². The van der Waals surface area contributed by atoms with E-state index in [9.17, 15) is 0 Å². The molecule has 1 aliphatic carbocycles. The number of imidazole rings is 1. The molecule has 1 aliphatic rings. The third-order valence-electron chi connectivity index (χ3n) is 2.67. The Hall–Kier alpha value is -0.740. The molecule has 0 bridgehead atoms. The second kappa shape index (κ2) is 4.86. The summed E-state index contributed by atoms with van der Waals surface area (Å²) in [4.78, 5) is 4.31. The van der Waals surface area contributed by atoms with E-state index in [1.807, 2.05) is 11.6 Å². The summed E-state index contributed by atoms with van der Waals surface area (Å²) in [5, 5.41) is 10.6. The van der Waals surface area contributed by atoms with E-state index in [4.69, 9.17) is 5.11 Å². The summed E-state index contributed by atoms with van der Waals surface area (Å²) < 4.78 is 1.97. The van der Waals surface area contributed by atoms with Crippen LogP contribution in [0, 0.1) is 0 Å². The molecule has 1 unspecified atom stereocenters. The van der Waals surface area contributed by atoms with Crippen molar-refractivity contribution in [3.05, 3.63) is 24.0 Å². The van der Waals surface area contributed by atoms with Crippen LogP contribution in [0.3, 0.4) is 0 Å². The number of hydrogen-bond donors (Lipinski definition) is 1. The molecule has 4 heteroatoms. The van der Waals surface area contributed by atoms with Crippen LogP contribution in [0.2, 0.25) is 0 Å². The van der Waals surface area contributed by atoms with Gasteiger partial charge in [-0.25, -0.2) is 4.98 Å². The molecule has 0 radical (unpaired) electrons. The maximum Gasteiger partial charge on any atom is 0.168 e. The maximum atomic E-state index is 9.05. The zero-order valence-corrected chi connectivity index (χ0v) is 9.70. The molecular weight excluding hydrogens is 208 g/mol. The molecule has 2 rings (SSSR count). The fraction of sp³-hybridized carbons (Fsp3) is 0.545. The Kier molecular flexibility index (Phi) is 3.49. The SMILES string of the molecule is Cn1c(CO)cnc1SC1C=CCCC1. The molecule has 0 aromatic carbocycles. The average Bonchev–Trinajstić information content (AvgIpc) is 2.62. The third kappa shape index (κ3) is 2.44. The summed E-state index contributed by atoms with van der Waals surface area (Å²) in [6, 6.07) is 0. The largest absolute Gasteiger partial charge is 0.390 e. The lowest BCUT2D eigenvalue weighted by Crippen LogP contribution is -2.05. The molecule has 0 saturated heterocycles. The number of thioether (sulfide) groups is 1. The van der Waals surface area contributed by atoms with Crippen LogP contribution < -0.4 is 0 Å². The van der Waals surface area contributed by atoms with Crippen LogP contribution in [0.1, 0.15) is 25.0 Å². The Labute approximate surface area is 94.2 Å². The molecule has 1 atom stereocenters. The van der Waals surface area contributed by atoms with Crippen LogP contribution in [0.15, 0.2) is 23.5 Å². The average molecular weight is 224 g/mol. The van der Waals surface area contributed by atoms with E-state index < -0.39 is 0 Å². The normalized spacial score (nSPS) is 20.8. The highest BCUT2D eigenvalue weighted by Crippen LogP contribution is 2.29. The van der Waals surface area contributed by atoms with Crippen LogP contribution in [-0.2, 0) is 13.7 Å². The van der Waals surface area contributed by atoms with E-state index in [1.165, 1.54) is 19.3 Å². The number of nitrogens with zero attached hydrogens (tertiary/aromatic N) is 2. The van der Waals surface area contributed by atoms with Crippen molar-refractivity contribution in [3.8, 4) is 0 Å². The second-order valence-electron chi connectivity index (χ2n) is 3.76. The molecule has 0 fully saturated rings. The molecule has 82 valence electrons. The van der Waals surface area contributed by atoms with Crippen molar-refractivity contribution >= 4 is 11.8 Å². The van der Waals surface area contributed by atoms with Crippen LogP contribution in [-0.4, -0.2) is 19.9 Å². The minimum Gasteiger partial charge on any atom is -0.390 e. The first-order chi connectivity index (χ1) is 7.31. The predicted molar refractivity (Wildman–Crippen MR) is 61.8 cm³/mol. The first-order valence-corrected chi connectivity index (χ1v) is 6.14. The van der Waals surface area contributed by atoms with E-state index in [2.05, 4.69) is 17.1 Å². The van der Waals surface area contributed by atoms with Crippen molar-refractivity contribution in [2.75, 3.05) is 0 Å². The van der Waals surface area contributed by atoms with Gasteiger partial charge in [0.1, 0.15) is 0 Å². The van der Waals surface area contributed by atoms with E-state index in [0.717, 1.165) is 10.9 Å². The fourth-order valence-electron chi connectivity index (χ4n) is 1.70. The predicted octanol–water partition coefficient (Wildman–Crippen LogP) is 2.11. The van der Waals surface area contributed by atoms with Crippen LogP contribution in [0.4, 0.5) is 0 Å². The minimum atomic E-state index is 0.0601. The summed E-state index contributed by atoms with van der Waals surface area (Å²) in [6.07, 6.45) is 9.96. The van der Waals surface area contributed by atoms with Gasteiger partial charge < -0.3 is 9.67 Å². The molecule has 0 amide bonds. The third-order valence-corrected chi connectivity index (χ3v) is 3.96. The monoisotopic (exact) mass is 224 g/mol. The number of aliphatic hydroxyl groups is 1. The van der Waals surface area contributed by atoms with Crippen molar-refractivity contribution in [3.63, 3.8) is 0 Å². The number of hydrogen-bond acceptors (Lipinski definition) is 3. The zero-order valence-electron chi connectivity index (χ0n) is 8.89.